The lowest BCUT2D eigenvalue weighted by molar-refractivity contribution is -0.113. The minimum Gasteiger partial charge on any atom is -0.497 e. The van der Waals surface area contributed by atoms with Crippen molar-refractivity contribution >= 4 is 56.5 Å². The molecule has 0 unspecified atom stereocenters. The van der Waals surface area contributed by atoms with E-state index in [4.69, 9.17) is 4.74 Å². The lowest BCUT2D eigenvalue weighted by Gasteiger charge is -2.06. The predicted molar refractivity (Wildman–Crippen MR) is 132 cm³/mol. The van der Waals surface area contributed by atoms with Crippen LogP contribution in [0.25, 0.3) is 10.8 Å². The van der Waals surface area contributed by atoms with Crippen LogP contribution in [-0.2, 0) is 10.5 Å². The van der Waals surface area contributed by atoms with Crippen molar-refractivity contribution in [2.24, 2.45) is 0 Å². The number of nitrogens with zero attached hydrogens (tertiary/aromatic N) is 1. The van der Waals surface area contributed by atoms with E-state index < -0.39 is 0 Å². The molecule has 4 aromatic rings. The maximum absolute atomic E-state index is 12.7. The Morgan fingerprint density at radius 1 is 1.00 bits per heavy atom. The number of nitrogens with one attached hydrogen (secondary N) is 2. The maximum Gasteiger partial charge on any atom is 0.258 e. The highest BCUT2D eigenvalue weighted by Gasteiger charge is 2.12. The zero-order valence-corrected chi connectivity index (χ0v) is 19.0. The van der Waals surface area contributed by atoms with E-state index in [1.54, 1.807) is 31.4 Å². The first-order chi connectivity index (χ1) is 15.6. The number of methoxy groups -OCH3 is 1. The highest BCUT2D eigenvalue weighted by Crippen LogP contribution is 2.23. The molecule has 8 heteroatoms. The Bertz CT molecular complexity index is 1230. The average Bonchev–Trinajstić information content (AvgIpc) is 3.26. The molecule has 0 fully saturated rings. The Morgan fingerprint density at radius 2 is 1.78 bits per heavy atom. The minimum absolute atomic E-state index is 0.0834. The Hall–Kier alpha value is -3.36. The first kappa shape index (κ1) is 21.9. The summed E-state index contributed by atoms with van der Waals surface area (Å²) in [4.78, 5) is 29.4. The minimum atomic E-state index is -0.186. The van der Waals surface area contributed by atoms with Crippen LogP contribution in [0.1, 0.15) is 16.1 Å². The van der Waals surface area contributed by atoms with Gasteiger partial charge in [-0.1, -0.05) is 36.4 Å². The number of amides is 2. The molecule has 1 aromatic heterocycles. The number of fused-ring (bicyclic) bond motifs is 1. The molecular weight excluding hydrogens is 442 g/mol. The van der Waals surface area contributed by atoms with Gasteiger partial charge < -0.3 is 10.1 Å². The molecular formula is C24H21N3O3S2. The summed E-state index contributed by atoms with van der Waals surface area (Å²) in [5.41, 5.74) is 2.17. The van der Waals surface area contributed by atoms with Crippen molar-refractivity contribution in [1.82, 2.24) is 4.98 Å². The number of aromatic nitrogens is 1. The van der Waals surface area contributed by atoms with Crippen molar-refractivity contribution in [3.63, 3.8) is 0 Å². The molecule has 4 rings (SSSR count). The van der Waals surface area contributed by atoms with E-state index in [-0.39, 0.29) is 11.8 Å². The third kappa shape index (κ3) is 5.46. The monoisotopic (exact) mass is 463 g/mol. The van der Waals surface area contributed by atoms with E-state index in [9.17, 15) is 9.59 Å². The second-order valence-corrected chi connectivity index (χ2v) is 8.74. The van der Waals surface area contributed by atoms with Gasteiger partial charge in [-0.2, -0.15) is 0 Å². The lowest BCUT2D eigenvalue weighted by atomic mass is 10.0. The Labute approximate surface area is 194 Å². The molecule has 0 aliphatic heterocycles. The first-order valence-corrected chi connectivity index (χ1v) is 11.9. The van der Waals surface area contributed by atoms with Gasteiger partial charge >= 0.3 is 0 Å². The van der Waals surface area contributed by atoms with Crippen LogP contribution in [0.15, 0.2) is 72.1 Å². The van der Waals surface area contributed by atoms with Crippen LogP contribution in [0.4, 0.5) is 10.8 Å². The second kappa shape index (κ2) is 10.3. The molecule has 0 radical (unpaired) electrons. The van der Waals surface area contributed by atoms with Crippen LogP contribution < -0.4 is 15.4 Å². The summed E-state index contributed by atoms with van der Waals surface area (Å²) >= 11 is 2.84. The number of carbonyl (C=O) groups is 2. The molecule has 0 aliphatic carbocycles. The number of anilines is 2. The maximum atomic E-state index is 12.7. The van der Waals surface area contributed by atoms with E-state index in [1.165, 1.54) is 23.1 Å². The van der Waals surface area contributed by atoms with Gasteiger partial charge in [0.05, 0.1) is 18.6 Å². The van der Waals surface area contributed by atoms with Crippen LogP contribution >= 0.6 is 23.1 Å². The van der Waals surface area contributed by atoms with E-state index in [1.807, 2.05) is 47.8 Å². The summed E-state index contributed by atoms with van der Waals surface area (Å²) in [5.74, 6) is 1.36. The standard InChI is InChI=1S/C24H21N3O3S2/c1-30-19-11-9-17(10-12-19)25-22(28)15-31-13-18-14-32-24(26-18)27-23(29)21-8-4-6-16-5-2-3-7-20(16)21/h2-12,14H,13,15H2,1H3,(H,25,28)(H,26,27,29). The largest absolute Gasteiger partial charge is 0.497 e. The summed E-state index contributed by atoms with van der Waals surface area (Å²) < 4.78 is 5.11. The zero-order chi connectivity index (χ0) is 22.3. The third-order valence-corrected chi connectivity index (χ3v) is 6.44. The van der Waals surface area contributed by atoms with Crippen molar-refractivity contribution in [1.29, 1.82) is 0 Å². The fourth-order valence-corrected chi connectivity index (χ4v) is 4.67. The number of rotatable bonds is 8. The van der Waals surface area contributed by atoms with Crippen molar-refractivity contribution in [3.05, 3.63) is 83.4 Å². The molecule has 0 atom stereocenters. The van der Waals surface area contributed by atoms with Gasteiger partial charge in [0.2, 0.25) is 5.91 Å². The van der Waals surface area contributed by atoms with Gasteiger partial charge in [0.25, 0.3) is 5.91 Å². The molecule has 0 aliphatic rings. The topological polar surface area (TPSA) is 80.3 Å². The summed E-state index contributed by atoms with van der Waals surface area (Å²) in [6.45, 7) is 0. The van der Waals surface area contributed by atoms with Crippen molar-refractivity contribution in [2.75, 3.05) is 23.5 Å². The molecule has 6 nitrogen and oxygen atoms in total. The van der Waals surface area contributed by atoms with Gasteiger partial charge in [0, 0.05) is 22.4 Å². The quantitative estimate of drug-likeness (QED) is 0.364. The summed E-state index contributed by atoms with van der Waals surface area (Å²) in [6, 6.07) is 20.6. The number of hydrogen-bond acceptors (Lipinski definition) is 6. The summed E-state index contributed by atoms with van der Waals surface area (Å²) in [5, 5.41) is 10.1. The molecule has 3 aromatic carbocycles. The molecule has 32 heavy (non-hydrogen) atoms. The normalized spacial score (nSPS) is 10.7. The second-order valence-electron chi connectivity index (χ2n) is 6.89. The molecule has 0 bridgehead atoms. The first-order valence-electron chi connectivity index (χ1n) is 9.87. The fourth-order valence-electron chi connectivity index (χ4n) is 3.14. The fraction of sp³-hybridized carbons (Fsp3) is 0.125. The van der Waals surface area contributed by atoms with Crippen molar-refractivity contribution < 1.29 is 14.3 Å². The molecule has 0 saturated carbocycles. The molecule has 0 spiro atoms. The van der Waals surface area contributed by atoms with Gasteiger partial charge in [0.1, 0.15) is 5.75 Å². The number of benzene rings is 3. The lowest BCUT2D eigenvalue weighted by Crippen LogP contribution is -2.14. The SMILES string of the molecule is COc1ccc(NC(=O)CSCc2csc(NC(=O)c3cccc4ccccc34)n2)cc1. The number of hydrogen-bond donors (Lipinski definition) is 2. The highest BCUT2D eigenvalue weighted by molar-refractivity contribution is 7.99. The third-order valence-electron chi connectivity index (χ3n) is 4.66. The molecule has 162 valence electrons. The number of thioether (sulfide) groups is 1. The van der Waals surface area contributed by atoms with E-state index in [0.29, 0.717) is 22.2 Å². The van der Waals surface area contributed by atoms with E-state index >= 15 is 0 Å². The van der Waals surface area contributed by atoms with Crippen molar-refractivity contribution in [2.45, 2.75) is 5.75 Å². The molecule has 2 amide bonds. The van der Waals surface area contributed by atoms with E-state index in [0.717, 1.165) is 27.9 Å². The van der Waals surface area contributed by atoms with Crippen LogP contribution in [-0.4, -0.2) is 29.7 Å². The number of ether oxygens (including phenoxy) is 1. The van der Waals surface area contributed by atoms with Crippen LogP contribution in [0.3, 0.4) is 0 Å². The van der Waals surface area contributed by atoms with Gasteiger partial charge in [-0.3, -0.25) is 14.9 Å². The van der Waals surface area contributed by atoms with Gasteiger partial charge in [0.15, 0.2) is 5.13 Å². The summed E-state index contributed by atoms with van der Waals surface area (Å²) in [7, 11) is 1.60. The molecule has 0 saturated heterocycles. The molecule has 2 N–H and O–H groups in total. The van der Waals surface area contributed by atoms with Gasteiger partial charge in [-0.15, -0.1) is 23.1 Å². The molecule has 1 heterocycles. The van der Waals surface area contributed by atoms with Crippen molar-refractivity contribution in [3.8, 4) is 5.75 Å². The van der Waals surface area contributed by atoms with Gasteiger partial charge in [-0.05, 0) is 41.1 Å². The predicted octanol–water partition coefficient (Wildman–Crippen LogP) is 5.43. The smallest absolute Gasteiger partial charge is 0.258 e. The Morgan fingerprint density at radius 3 is 2.59 bits per heavy atom. The van der Waals surface area contributed by atoms with Crippen LogP contribution in [0, 0.1) is 0 Å². The average molecular weight is 464 g/mol. The summed E-state index contributed by atoms with van der Waals surface area (Å²) in [6.07, 6.45) is 0. The Balaban J connectivity index is 1.28. The number of carbonyl (C=O) groups excluding carboxylic acids is 2. The van der Waals surface area contributed by atoms with Gasteiger partial charge in [-0.25, -0.2) is 4.98 Å². The number of thiazole rings is 1. The Kier molecular flexibility index (Phi) is 7.03. The zero-order valence-electron chi connectivity index (χ0n) is 17.3. The van der Waals surface area contributed by atoms with Crippen LogP contribution in [0.2, 0.25) is 0 Å². The van der Waals surface area contributed by atoms with E-state index in [2.05, 4.69) is 15.6 Å². The highest BCUT2D eigenvalue weighted by atomic mass is 32.2. The van der Waals surface area contributed by atoms with Crippen LogP contribution in [0.5, 0.6) is 5.75 Å².